The van der Waals surface area contributed by atoms with Gasteiger partial charge in [0.25, 0.3) is 0 Å². The minimum atomic E-state index is 0. The fraction of sp³-hybridized carbons (Fsp3) is 0.0556. The van der Waals surface area contributed by atoms with Crippen molar-refractivity contribution < 1.29 is 17.0 Å². The van der Waals surface area contributed by atoms with Gasteiger partial charge in [0.15, 0.2) is 0 Å². The van der Waals surface area contributed by atoms with Crippen LogP contribution >= 0.6 is 0 Å². The summed E-state index contributed by atoms with van der Waals surface area (Å²) in [4.78, 5) is 8.25. The number of halogens is 1. The summed E-state index contributed by atoms with van der Waals surface area (Å²) in [7, 11) is 2.10. The van der Waals surface area contributed by atoms with Crippen molar-refractivity contribution in [2.75, 3.05) is 5.32 Å². The molecule has 0 spiro atoms. The van der Waals surface area contributed by atoms with Gasteiger partial charge in [-0.05, 0) is 18.2 Å². The average Bonchev–Trinajstić information content (AvgIpc) is 2.59. The van der Waals surface area contributed by atoms with E-state index in [0.717, 1.165) is 11.5 Å². The van der Waals surface area contributed by atoms with E-state index in [-0.39, 0.29) is 12.4 Å². The number of rotatable bonds is 2. The standard InChI is InChI=1S/C18H14N4.ClH/c1-22-15-8-4-2-6-13(15)18(14-7-3-5-9-16(14)22)21-17-10-11-19-12-20-17;/h2-12H,1H3;1H. The lowest BCUT2D eigenvalue weighted by atomic mass is 10.1. The summed E-state index contributed by atoms with van der Waals surface area (Å²) in [5.41, 5.74) is 3.43. The van der Waals surface area contributed by atoms with Crippen molar-refractivity contribution in [2.45, 2.75) is 0 Å². The quantitative estimate of drug-likeness (QED) is 0.428. The summed E-state index contributed by atoms with van der Waals surface area (Å²) < 4.78 is 2.22. The second-order valence-corrected chi connectivity index (χ2v) is 5.19. The predicted molar refractivity (Wildman–Crippen MR) is 87.9 cm³/mol. The van der Waals surface area contributed by atoms with E-state index >= 15 is 0 Å². The van der Waals surface area contributed by atoms with Crippen molar-refractivity contribution in [1.82, 2.24) is 9.97 Å². The van der Waals surface area contributed by atoms with Crippen molar-refractivity contribution in [1.29, 1.82) is 0 Å². The zero-order chi connectivity index (χ0) is 14.9. The molecule has 0 aliphatic heterocycles. The number of hydrogen-bond donors (Lipinski definition) is 1. The molecule has 0 fully saturated rings. The molecule has 4 aromatic rings. The van der Waals surface area contributed by atoms with Gasteiger partial charge in [-0.2, -0.15) is 4.57 Å². The van der Waals surface area contributed by atoms with Crippen LogP contribution in [-0.2, 0) is 7.05 Å². The Hall–Kier alpha value is -2.72. The summed E-state index contributed by atoms with van der Waals surface area (Å²) in [5.74, 6) is 0.791. The maximum absolute atomic E-state index is 4.28. The summed E-state index contributed by atoms with van der Waals surface area (Å²) in [6.45, 7) is 0. The fourth-order valence-corrected chi connectivity index (χ4v) is 2.86. The number of nitrogens with one attached hydrogen (secondary N) is 1. The first kappa shape index (κ1) is 15.2. The molecule has 4 rings (SSSR count). The van der Waals surface area contributed by atoms with E-state index in [0.29, 0.717) is 0 Å². The molecule has 23 heavy (non-hydrogen) atoms. The van der Waals surface area contributed by atoms with Crippen molar-refractivity contribution in [3.63, 3.8) is 0 Å². The smallest absolute Gasteiger partial charge is 0.214 e. The van der Waals surface area contributed by atoms with Crippen molar-refractivity contribution in [2.24, 2.45) is 7.05 Å². The van der Waals surface area contributed by atoms with E-state index < -0.39 is 0 Å². The van der Waals surface area contributed by atoms with E-state index in [2.05, 4.69) is 75.4 Å². The molecule has 0 bridgehead atoms. The Morgan fingerprint density at radius 1 is 0.870 bits per heavy atom. The number of fused-ring (bicyclic) bond motifs is 2. The van der Waals surface area contributed by atoms with Gasteiger partial charge in [0.05, 0.1) is 16.5 Å². The van der Waals surface area contributed by atoms with E-state index in [1.54, 1.807) is 12.5 Å². The number of pyridine rings is 1. The molecule has 0 saturated carbocycles. The van der Waals surface area contributed by atoms with E-state index in [1.807, 2.05) is 6.07 Å². The SMILES string of the molecule is C[n+]1c2ccccc2c(Nc2ccncn2)c2ccccc21.[Cl-]. The number of aryl methyl sites for hydroxylation is 1. The van der Waals surface area contributed by atoms with Gasteiger partial charge >= 0.3 is 0 Å². The maximum Gasteiger partial charge on any atom is 0.214 e. The van der Waals surface area contributed by atoms with Gasteiger partial charge in [-0.15, -0.1) is 0 Å². The highest BCUT2D eigenvalue weighted by Gasteiger charge is 2.17. The largest absolute Gasteiger partial charge is 1.00 e. The van der Waals surface area contributed by atoms with Crippen LogP contribution in [0.3, 0.4) is 0 Å². The van der Waals surface area contributed by atoms with Crippen LogP contribution in [0.1, 0.15) is 0 Å². The maximum atomic E-state index is 4.28. The number of anilines is 2. The number of benzene rings is 2. The number of aromatic nitrogens is 3. The van der Waals surface area contributed by atoms with Crippen LogP contribution in [-0.4, -0.2) is 9.97 Å². The molecule has 0 amide bonds. The molecule has 5 heteroatoms. The molecule has 0 aliphatic carbocycles. The molecule has 0 unspecified atom stereocenters. The molecule has 114 valence electrons. The Bertz CT molecular complexity index is 913. The molecule has 1 N–H and O–H groups in total. The van der Waals surface area contributed by atoms with Crippen LogP contribution in [0.4, 0.5) is 11.5 Å². The molecular formula is C18H15ClN4. The van der Waals surface area contributed by atoms with Crippen LogP contribution in [0.15, 0.2) is 67.1 Å². The van der Waals surface area contributed by atoms with Gasteiger partial charge in [0.1, 0.15) is 19.2 Å². The average molecular weight is 323 g/mol. The monoisotopic (exact) mass is 322 g/mol. The minimum absolute atomic E-state index is 0. The van der Waals surface area contributed by atoms with E-state index in [4.69, 9.17) is 0 Å². The summed E-state index contributed by atoms with van der Waals surface area (Å²) in [5, 5.41) is 5.79. The van der Waals surface area contributed by atoms with E-state index in [9.17, 15) is 0 Å². The molecule has 2 heterocycles. The first-order chi connectivity index (χ1) is 10.8. The third-order valence-corrected chi connectivity index (χ3v) is 3.90. The molecule has 0 atom stereocenters. The Kier molecular flexibility index (Phi) is 4.08. The van der Waals surface area contributed by atoms with Gasteiger partial charge in [0, 0.05) is 18.3 Å². The van der Waals surface area contributed by atoms with Gasteiger partial charge < -0.3 is 17.7 Å². The van der Waals surface area contributed by atoms with Crippen LogP contribution in [0.2, 0.25) is 0 Å². The van der Waals surface area contributed by atoms with Crippen LogP contribution in [0.5, 0.6) is 0 Å². The van der Waals surface area contributed by atoms with Crippen molar-refractivity contribution >= 4 is 33.3 Å². The fourth-order valence-electron chi connectivity index (χ4n) is 2.86. The molecule has 0 radical (unpaired) electrons. The van der Waals surface area contributed by atoms with E-state index in [1.165, 1.54) is 21.8 Å². The summed E-state index contributed by atoms with van der Waals surface area (Å²) in [6.07, 6.45) is 3.29. The Balaban J connectivity index is 0.00000156. The zero-order valence-corrected chi connectivity index (χ0v) is 13.3. The highest BCUT2D eigenvalue weighted by molar-refractivity contribution is 6.05. The molecule has 2 aromatic carbocycles. The zero-order valence-electron chi connectivity index (χ0n) is 12.6. The van der Waals surface area contributed by atoms with Gasteiger partial charge in [-0.3, -0.25) is 0 Å². The first-order valence-electron chi connectivity index (χ1n) is 7.17. The Labute approximate surface area is 140 Å². The second-order valence-electron chi connectivity index (χ2n) is 5.19. The summed E-state index contributed by atoms with van der Waals surface area (Å²) in [6, 6.07) is 18.6. The Morgan fingerprint density at radius 3 is 2.04 bits per heavy atom. The molecule has 0 aliphatic rings. The predicted octanol–water partition coefficient (Wildman–Crippen LogP) is 0.355. The normalized spacial score (nSPS) is 10.5. The molecule has 4 nitrogen and oxygen atoms in total. The highest BCUT2D eigenvalue weighted by Crippen LogP contribution is 2.31. The van der Waals surface area contributed by atoms with Crippen molar-refractivity contribution in [3.05, 3.63) is 67.1 Å². The highest BCUT2D eigenvalue weighted by atomic mass is 35.5. The first-order valence-corrected chi connectivity index (χ1v) is 7.17. The lowest BCUT2D eigenvalue weighted by Gasteiger charge is -2.11. The summed E-state index contributed by atoms with van der Waals surface area (Å²) >= 11 is 0. The molecular weight excluding hydrogens is 308 g/mol. The topological polar surface area (TPSA) is 41.7 Å². The number of hydrogen-bond acceptors (Lipinski definition) is 3. The van der Waals surface area contributed by atoms with Gasteiger partial charge in [-0.25, -0.2) is 9.97 Å². The third kappa shape index (κ3) is 2.58. The number of para-hydroxylation sites is 2. The lowest BCUT2D eigenvalue weighted by Crippen LogP contribution is -3.00. The number of nitrogens with zero attached hydrogens (tertiary/aromatic N) is 3. The lowest BCUT2D eigenvalue weighted by molar-refractivity contribution is -0.617. The minimum Gasteiger partial charge on any atom is -1.00 e. The van der Waals surface area contributed by atoms with Crippen LogP contribution in [0.25, 0.3) is 21.8 Å². The molecule has 0 saturated heterocycles. The van der Waals surface area contributed by atoms with Crippen LogP contribution < -0.4 is 22.3 Å². The Morgan fingerprint density at radius 2 is 1.48 bits per heavy atom. The second kappa shape index (κ2) is 6.18. The molecule has 2 aromatic heterocycles. The van der Waals surface area contributed by atoms with Crippen molar-refractivity contribution in [3.8, 4) is 0 Å². The third-order valence-electron chi connectivity index (χ3n) is 3.90. The van der Waals surface area contributed by atoms with Gasteiger partial charge in [-0.1, -0.05) is 24.3 Å². The van der Waals surface area contributed by atoms with Crippen LogP contribution in [0, 0.1) is 0 Å². The van der Waals surface area contributed by atoms with Gasteiger partial charge in [0.2, 0.25) is 11.0 Å².